The lowest BCUT2D eigenvalue weighted by atomic mass is 9.52. The Morgan fingerprint density at radius 1 is 0.591 bits per heavy atom. The van der Waals surface area contributed by atoms with Crippen LogP contribution in [-0.2, 0) is 0 Å². The normalized spacial score (nSPS) is 42.1. The molecule has 22 heavy (non-hydrogen) atoms. The molecule has 0 aromatic heterocycles. The zero-order valence-corrected chi connectivity index (χ0v) is 12.3. The second-order valence-electron chi connectivity index (χ2n) is 7.40. The number of aliphatic hydroxyl groups is 1. The Hall–Kier alpha value is -1.86. The largest absolute Gasteiger partial charge is 0.392 e. The van der Waals surface area contributed by atoms with E-state index in [1.165, 1.54) is 22.3 Å². The van der Waals surface area contributed by atoms with Crippen molar-refractivity contribution in [2.24, 2.45) is 23.7 Å². The first-order chi connectivity index (χ1) is 10.9. The van der Waals surface area contributed by atoms with Gasteiger partial charge < -0.3 is 5.11 Å². The van der Waals surface area contributed by atoms with Gasteiger partial charge in [0.25, 0.3) is 0 Å². The summed E-state index contributed by atoms with van der Waals surface area (Å²) in [7, 11) is 0. The van der Waals surface area contributed by atoms with E-state index in [1.807, 2.05) is 0 Å². The molecule has 2 aromatic rings. The quantitative estimate of drug-likeness (QED) is 0.732. The van der Waals surface area contributed by atoms with Gasteiger partial charge in [-0.15, -0.1) is 0 Å². The molecule has 5 aliphatic carbocycles. The number of benzene rings is 2. The number of hydrogen-bond donors (Lipinski definition) is 1. The highest BCUT2D eigenvalue weighted by Gasteiger charge is 2.62. The lowest BCUT2D eigenvalue weighted by Gasteiger charge is -2.51. The van der Waals surface area contributed by atoms with Crippen LogP contribution in [0.1, 0.15) is 34.1 Å². The fourth-order valence-electron chi connectivity index (χ4n) is 6.17. The van der Waals surface area contributed by atoms with Crippen molar-refractivity contribution in [2.75, 3.05) is 0 Å². The molecular weight excluding hydrogens is 268 g/mol. The molecule has 0 radical (unpaired) electrons. The van der Waals surface area contributed by atoms with Crippen LogP contribution < -0.4 is 0 Å². The van der Waals surface area contributed by atoms with E-state index >= 15 is 0 Å². The van der Waals surface area contributed by atoms with Crippen LogP contribution in [0.4, 0.5) is 0 Å². The van der Waals surface area contributed by atoms with Crippen LogP contribution in [-0.4, -0.2) is 11.2 Å². The molecule has 7 rings (SSSR count). The smallest absolute Gasteiger partial charge is 0.0671 e. The molecule has 1 heteroatoms. The number of aliphatic hydroxyl groups excluding tert-OH is 1. The Labute approximate surface area is 130 Å². The van der Waals surface area contributed by atoms with Crippen LogP contribution in [0.2, 0.25) is 0 Å². The second-order valence-corrected chi connectivity index (χ2v) is 7.40. The molecule has 1 nitrogen and oxygen atoms in total. The highest BCUT2D eigenvalue weighted by atomic mass is 16.3. The van der Waals surface area contributed by atoms with Crippen molar-refractivity contribution in [3.63, 3.8) is 0 Å². The van der Waals surface area contributed by atoms with E-state index in [-0.39, 0.29) is 6.10 Å². The maximum atomic E-state index is 10.7. The van der Waals surface area contributed by atoms with Crippen molar-refractivity contribution in [1.82, 2.24) is 0 Å². The Morgan fingerprint density at radius 3 is 1.32 bits per heavy atom. The zero-order chi connectivity index (χ0) is 14.4. The topological polar surface area (TPSA) is 20.2 Å². The third kappa shape index (κ3) is 1.11. The third-order valence-corrected chi connectivity index (χ3v) is 6.78. The van der Waals surface area contributed by atoms with Crippen LogP contribution in [0.25, 0.3) is 0 Å². The van der Waals surface area contributed by atoms with Gasteiger partial charge in [-0.2, -0.15) is 0 Å². The predicted octanol–water partition coefficient (Wildman–Crippen LogP) is 3.69. The van der Waals surface area contributed by atoms with E-state index in [0.29, 0.717) is 35.5 Å². The molecule has 5 aliphatic rings. The van der Waals surface area contributed by atoms with Crippen molar-refractivity contribution in [1.29, 1.82) is 0 Å². The van der Waals surface area contributed by atoms with Crippen molar-refractivity contribution < 1.29 is 5.11 Å². The number of rotatable bonds is 0. The summed E-state index contributed by atoms with van der Waals surface area (Å²) in [6.45, 7) is 0. The Balaban J connectivity index is 1.69. The molecule has 1 fully saturated rings. The zero-order valence-electron chi connectivity index (χ0n) is 12.3. The highest BCUT2D eigenvalue weighted by molar-refractivity contribution is 5.58. The van der Waals surface area contributed by atoms with Gasteiger partial charge in [0.2, 0.25) is 0 Å². The molecule has 108 valence electrons. The van der Waals surface area contributed by atoms with Crippen molar-refractivity contribution >= 4 is 0 Å². The van der Waals surface area contributed by atoms with E-state index in [1.54, 1.807) is 0 Å². The Morgan fingerprint density at radius 2 is 0.955 bits per heavy atom. The first-order valence-corrected chi connectivity index (χ1v) is 8.40. The average molecular weight is 286 g/mol. The Kier molecular flexibility index (Phi) is 1.97. The fraction of sp³-hybridized carbons (Fsp3) is 0.333. The summed E-state index contributed by atoms with van der Waals surface area (Å²) in [4.78, 5) is 0. The van der Waals surface area contributed by atoms with Gasteiger partial charge in [0.1, 0.15) is 0 Å². The van der Waals surface area contributed by atoms with Crippen LogP contribution in [0, 0.1) is 23.7 Å². The standard InChI is InChI=1S/C21H18O/c22-21-15-9-10-16(21)20-18-12-6-2-1-5-11(12)17(19(15)20)13-7-3-4-8-14(13)18/h1-10,15-22H/t15-,16-,17?,18?,19+,20+,21?/m0/s1. The summed E-state index contributed by atoms with van der Waals surface area (Å²) in [6.07, 6.45) is 4.42. The molecule has 4 atom stereocenters. The highest BCUT2D eigenvalue weighted by Crippen LogP contribution is 2.67. The molecule has 0 spiro atoms. The summed E-state index contributed by atoms with van der Waals surface area (Å²) in [6, 6.07) is 18.0. The molecule has 1 N–H and O–H groups in total. The maximum Gasteiger partial charge on any atom is 0.0671 e. The predicted molar refractivity (Wildman–Crippen MR) is 85.7 cm³/mol. The molecule has 0 heterocycles. The van der Waals surface area contributed by atoms with Crippen molar-refractivity contribution in [2.45, 2.75) is 17.9 Å². The van der Waals surface area contributed by atoms with Gasteiger partial charge in [-0.05, 0) is 34.1 Å². The van der Waals surface area contributed by atoms with Gasteiger partial charge in [0.15, 0.2) is 0 Å². The summed E-state index contributed by atoms with van der Waals surface area (Å²) >= 11 is 0. The lowest BCUT2D eigenvalue weighted by molar-refractivity contribution is 0.127. The van der Waals surface area contributed by atoms with Gasteiger partial charge in [0.05, 0.1) is 6.10 Å². The second kappa shape index (κ2) is 3.72. The molecule has 1 saturated carbocycles. The minimum atomic E-state index is -0.163. The molecule has 0 saturated heterocycles. The fourth-order valence-corrected chi connectivity index (χ4v) is 6.17. The van der Waals surface area contributed by atoms with Crippen LogP contribution in [0.3, 0.4) is 0 Å². The lowest BCUT2D eigenvalue weighted by Crippen LogP contribution is -2.41. The summed E-state index contributed by atoms with van der Waals surface area (Å²) < 4.78 is 0. The SMILES string of the molecule is OC1[C@H]2C=C[C@H]1[C@@H]1C3c4ccccc4C(c4ccccc43)[C@H]12. The van der Waals surface area contributed by atoms with E-state index in [4.69, 9.17) is 0 Å². The number of hydrogen-bond acceptors (Lipinski definition) is 1. The molecule has 0 amide bonds. The summed E-state index contributed by atoms with van der Waals surface area (Å²) in [5.74, 6) is 2.81. The van der Waals surface area contributed by atoms with E-state index in [0.717, 1.165) is 0 Å². The van der Waals surface area contributed by atoms with E-state index < -0.39 is 0 Å². The maximum absolute atomic E-state index is 10.7. The molecule has 2 aromatic carbocycles. The van der Waals surface area contributed by atoms with Crippen LogP contribution in [0.15, 0.2) is 60.7 Å². The first-order valence-electron chi connectivity index (χ1n) is 8.40. The molecular formula is C21H18O. The van der Waals surface area contributed by atoms with Gasteiger partial charge in [-0.25, -0.2) is 0 Å². The van der Waals surface area contributed by atoms with E-state index in [2.05, 4.69) is 60.7 Å². The summed E-state index contributed by atoms with van der Waals surface area (Å²) in [5, 5.41) is 10.7. The Bertz CT molecular complexity index is 707. The van der Waals surface area contributed by atoms with Gasteiger partial charge in [-0.1, -0.05) is 60.7 Å². The van der Waals surface area contributed by atoms with Gasteiger partial charge >= 0.3 is 0 Å². The van der Waals surface area contributed by atoms with Gasteiger partial charge in [0, 0.05) is 23.7 Å². The monoisotopic (exact) mass is 286 g/mol. The average Bonchev–Trinajstić information content (AvgIpc) is 3.08. The van der Waals surface area contributed by atoms with E-state index in [9.17, 15) is 5.11 Å². The first kappa shape index (κ1) is 11.7. The van der Waals surface area contributed by atoms with Crippen molar-refractivity contribution in [3.8, 4) is 0 Å². The van der Waals surface area contributed by atoms with Gasteiger partial charge in [-0.3, -0.25) is 0 Å². The number of fused-ring (bicyclic) bond motifs is 2. The minimum absolute atomic E-state index is 0.163. The van der Waals surface area contributed by atoms with Crippen LogP contribution >= 0.6 is 0 Å². The minimum Gasteiger partial charge on any atom is -0.392 e. The molecule has 0 unspecified atom stereocenters. The third-order valence-electron chi connectivity index (χ3n) is 6.78. The molecule has 4 bridgehead atoms. The van der Waals surface area contributed by atoms with Crippen molar-refractivity contribution in [3.05, 3.63) is 82.9 Å². The summed E-state index contributed by atoms with van der Waals surface area (Å²) in [5.41, 5.74) is 6.06. The molecule has 0 aliphatic heterocycles. The van der Waals surface area contributed by atoms with Crippen LogP contribution in [0.5, 0.6) is 0 Å².